The van der Waals surface area contributed by atoms with E-state index in [9.17, 15) is 8.42 Å². The zero-order valence-corrected chi connectivity index (χ0v) is 13.8. The Bertz CT molecular complexity index is 688. The Morgan fingerprint density at radius 3 is 2.43 bits per heavy atom. The summed E-state index contributed by atoms with van der Waals surface area (Å²) in [6.45, 7) is 7.54. The lowest BCUT2D eigenvalue weighted by molar-refractivity contribution is 0.329. The summed E-state index contributed by atoms with van der Waals surface area (Å²) in [5.41, 5.74) is 3.87. The summed E-state index contributed by atoms with van der Waals surface area (Å²) < 4.78 is 27.4. The first-order valence-corrected chi connectivity index (χ1v) is 9.03. The van der Waals surface area contributed by atoms with Crippen molar-refractivity contribution in [2.45, 2.75) is 44.9 Å². The second-order valence-corrected chi connectivity index (χ2v) is 8.70. The zero-order valence-electron chi connectivity index (χ0n) is 13.0. The van der Waals surface area contributed by atoms with E-state index in [0.717, 1.165) is 18.4 Å². The molecule has 1 fully saturated rings. The van der Waals surface area contributed by atoms with Gasteiger partial charge in [0.15, 0.2) is 0 Å². The molecule has 1 aromatic rings. The van der Waals surface area contributed by atoms with E-state index in [2.05, 4.69) is 13.8 Å². The highest BCUT2D eigenvalue weighted by molar-refractivity contribution is 7.89. The first-order valence-electron chi connectivity index (χ1n) is 7.59. The molecule has 0 radical (unpaired) electrons. The molecule has 1 atom stereocenters. The van der Waals surface area contributed by atoms with Crippen LogP contribution in [-0.4, -0.2) is 25.8 Å². The van der Waals surface area contributed by atoms with Gasteiger partial charge in [0.25, 0.3) is 0 Å². The van der Waals surface area contributed by atoms with Gasteiger partial charge in [0.1, 0.15) is 0 Å². The molecule has 1 aliphatic heterocycles. The average Bonchev–Trinajstić information content (AvgIpc) is 2.79. The predicted octanol–water partition coefficient (Wildman–Crippen LogP) is 3.51. The minimum atomic E-state index is -3.38. The van der Waals surface area contributed by atoms with Gasteiger partial charge in [-0.3, -0.25) is 0 Å². The molecule has 3 rings (SSSR count). The molecule has 3 nitrogen and oxygen atoms in total. The maximum atomic E-state index is 12.8. The molecular weight excluding hydrogens is 282 g/mol. The number of allylic oxidation sites excluding steroid dienone is 1. The predicted molar refractivity (Wildman–Crippen MR) is 84.6 cm³/mol. The first kappa shape index (κ1) is 14.8. The molecule has 21 heavy (non-hydrogen) atoms. The number of nitrogens with zero attached hydrogens (tertiary/aromatic N) is 1. The molecule has 1 aliphatic carbocycles. The standard InChI is InChI=1S/C17H23NO2S/c1-13-6-8-15(9-7-13)21(19,20)18-11-16-14(2)5-4-10-17(16,3)12-18/h6-9H,4-5,10-12H2,1-3H3. The van der Waals surface area contributed by atoms with Crippen molar-refractivity contribution in [2.24, 2.45) is 5.41 Å². The van der Waals surface area contributed by atoms with Crippen LogP contribution in [0.3, 0.4) is 0 Å². The van der Waals surface area contributed by atoms with E-state index in [1.807, 2.05) is 19.1 Å². The minimum Gasteiger partial charge on any atom is -0.207 e. The lowest BCUT2D eigenvalue weighted by atomic mass is 9.73. The van der Waals surface area contributed by atoms with Crippen molar-refractivity contribution in [1.82, 2.24) is 4.31 Å². The van der Waals surface area contributed by atoms with Gasteiger partial charge < -0.3 is 0 Å². The second kappa shape index (κ2) is 4.96. The fourth-order valence-electron chi connectivity index (χ4n) is 3.71. The lowest BCUT2D eigenvalue weighted by Crippen LogP contribution is -2.31. The number of hydrogen-bond acceptors (Lipinski definition) is 2. The van der Waals surface area contributed by atoms with Crippen molar-refractivity contribution in [3.8, 4) is 0 Å². The van der Waals surface area contributed by atoms with Crippen LogP contribution in [0.4, 0.5) is 0 Å². The number of fused-ring (bicyclic) bond motifs is 1. The van der Waals surface area contributed by atoms with Crippen molar-refractivity contribution in [1.29, 1.82) is 0 Å². The zero-order chi connectivity index (χ0) is 15.3. The number of sulfonamides is 1. The molecular formula is C17H23NO2S. The van der Waals surface area contributed by atoms with Crippen molar-refractivity contribution in [3.63, 3.8) is 0 Å². The quantitative estimate of drug-likeness (QED) is 0.784. The normalized spacial score (nSPS) is 27.0. The molecule has 1 aromatic carbocycles. The number of rotatable bonds is 2. The van der Waals surface area contributed by atoms with E-state index in [1.165, 1.54) is 17.6 Å². The maximum Gasteiger partial charge on any atom is 0.243 e. The maximum absolute atomic E-state index is 12.8. The van der Waals surface area contributed by atoms with E-state index in [4.69, 9.17) is 0 Å². The van der Waals surface area contributed by atoms with Gasteiger partial charge in [0.05, 0.1) is 4.90 Å². The summed E-state index contributed by atoms with van der Waals surface area (Å²) in [5, 5.41) is 0. The Balaban J connectivity index is 1.96. The summed E-state index contributed by atoms with van der Waals surface area (Å²) in [4.78, 5) is 0.411. The largest absolute Gasteiger partial charge is 0.243 e. The number of aryl methyl sites for hydroxylation is 1. The van der Waals surface area contributed by atoms with E-state index in [-0.39, 0.29) is 5.41 Å². The molecule has 0 bridgehead atoms. The van der Waals surface area contributed by atoms with E-state index in [1.54, 1.807) is 16.4 Å². The third-order valence-corrected chi connectivity index (χ3v) is 6.85. The Kier molecular flexibility index (Phi) is 3.49. The van der Waals surface area contributed by atoms with Gasteiger partial charge in [0, 0.05) is 18.5 Å². The highest BCUT2D eigenvalue weighted by Crippen LogP contribution is 2.46. The number of benzene rings is 1. The van der Waals surface area contributed by atoms with Crippen molar-refractivity contribution in [3.05, 3.63) is 41.0 Å². The summed E-state index contributed by atoms with van der Waals surface area (Å²) in [5.74, 6) is 0. The first-order chi connectivity index (χ1) is 9.83. The Hall–Kier alpha value is -1.13. The van der Waals surface area contributed by atoms with Crippen LogP contribution in [0.1, 0.15) is 38.7 Å². The summed E-state index contributed by atoms with van der Waals surface area (Å²) in [6.07, 6.45) is 3.38. The third-order valence-electron chi connectivity index (χ3n) is 5.04. The molecule has 0 spiro atoms. The molecule has 4 heteroatoms. The van der Waals surface area contributed by atoms with Crippen LogP contribution in [0.25, 0.3) is 0 Å². The van der Waals surface area contributed by atoms with Crippen LogP contribution in [0.5, 0.6) is 0 Å². The molecule has 0 amide bonds. The van der Waals surface area contributed by atoms with Crippen LogP contribution < -0.4 is 0 Å². The van der Waals surface area contributed by atoms with Gasteiger partial charge in [-0.1, -0.05) is 30.2 Å². The van der Waals surface area contributed by atoms with Crippen LogP contribution in [-0.2, 0) is 10.0 Å². The molecule has 0 aromatic heterocycles. The van der Waals surface area contributed by atoms with Gasteiger partial charge >= 0.3 is 0 Å². The van der Waals surface area contributed by atoms with Crippen LogP contribution in [0.15, 0.2) is 40.3 Å². The molecule has 1 heterocycles. The van der Waals surface area contributed by atoms with Crippen LogP contribution in [0.2, 0.25) is 0 Å². The fourth-order valence-corrected chi connectivity index (χ4v) is 5.24. The highest BCUT2D eigenvalue weighted by Gasteiger charge is 2.45. The summed E-state index contributed by atoms with van der Waals surface area (Å²) in [7, 11) is -3.38. The Morgan fingerprint density at radius 2 is 1.81 bits per heavy atom. The Morgan fingerprint density at radius 1 is 1.14 bits per heavy atom. The lowest BCUT2D eigenvalue weighted by Gasteiger charge is -2.31. The number of hydrogen-bond donors (Lipinski definition) is 0. The van der Waals surface area contributed by atoms with E-state index in [0.29, 0.717) is 18.0 Å². The SMILES string of the molecule is CC1=C2CN(S(=O)(=O)c3ccc(C)cc3)CC2(C)CCC1. The van der Waals surface area contributed by atoms with E-state index >= 15 is 0 Å². The smallest absolute Gasteiger partial charge is 0.207 e. The molecule has 0 N–H and O–H groups in total. The highest BCUT2D eigenvalue weighted by atomic mass is 32.2. The van der Waals surface area contributed by atoms with Crippen molar-refractivity contribution in [2.75, 3.05) is 13.1 Å². The van der Waals surface area contributed by atoms with Crippen molar-refractivity contribution >= 4 is 10.0 Å². The monoisotopic (exact) mass is 305 g/mol. The molecule has 2 aliphatic rings. The van der Waals surface area contributed by atoms with Crippen molar-refractivity contribution < 1.29 is 8.42 Å². The summed E-state index contributed by atoms with van der Waals surface area (Å²) in [6, 6.07) is 7.16. The van der Waals surface area contributed by atoms with Gasteiger partial charge in [-0.15, -0.1) is 0 Å². The third kappa shape index (κ3) is 2.44. The van der Waals surface area contributed by atoms with Gasteiger partial charge in [-0.05, 0) is 50.8 Å². The van der Waals surface area contributed by atoms with Gasteiger partial charge in [0.2, 0.25) is 10.0 Å². The molecule has 1 saturated heterocycles. The second-order valence-electron chi connectivity index (χ2n) is 6.76. The Labute approximate surface area is 127 Å². The van der Waals surface area contributed by atoms with Gasteiger partial charge in [-0.2, -0.15) is 4.31 Å². The van der Waals surface area contributed by atoms with Crippen LogP contribution in [0, 0.1) is 12.3 Å². The van der Waals surface area contributed by atoms with E-state index < -0.39 is 10.0 Å². The minimum absolute atomic E-state index is 0.0418. The van der Waals surface area contributed by atoms with Crippen LogP contribution >= 0.6 is 0 Å². The average molecular weight is 305 g/mol. The topological polar surface area (TPSA) is 37.4 Å². The van der Waals surface area contributed by atoms with Gasteiger partial charge in [-0.25, -0.2) is 8.42 Å². The fraction of sp³-hybridized carbons (Fsp3) is 0.529. The summed E-state index contributed by atoms with van der Waals surface area (Å²) >= 11 is 0. The molecule has 0 saturated carbocycles. The molecule has 1 unspecified atom stereocenters. The molecule has 114 valence electrons.